The number of aromatic nitrogens is 2. The van der Waals surface area contributed by atoms with Gasteiger partial charge in [-0.15, -0.1) is 11.3 Å². The molecule has 0 unspecified atom stereocenters. The lowest BCUT2D eigenvalue weighted by Gasteiger charge is -2.18. The Labute approximate surface area is 199 Å². The van der Waals surface area contributed by atoms with Crippen LogP contribution in [0, 0.1) is 5.92 Å². The summed E-state index contributed by atoms with van der Waals surface area (Å²) in [7, 11) is 0. The third kappa shape index (κ3) is 3.48. The van der Waals surface area contributed by atoms with Crippen molar-refractivity contribution in [3.63, 3.8) is 0 Å². The van der Waals surface area contributed by atoms with Crippen LogP contribution in [0.15, 0.2) is 59.4 Å². The number of H-pyrrole nitrogens is 1. The SMILES string of the molecule is CC(C)C1=NC2=C(C1)c1ccc3cc(-c4ccc(-c5cnc(C(C)C)[nH]5)cc4)sc3c1CC2. The van der Waals surface area contributed by atoms with Gasteiger partial charge in [0.1, 0.15) is 5.82 Å². The lowest BCUT2D eigenvalue weighted by molar-refractivity contribution is 0.795. The van der Waals surface area contributed by atoms with Crippen LogP contribution in [0.2, 0.25) is 0 Å². The zero-order chi connectivity index (χ0) is 22.7. The standard InChI is InChI=1S/C29H29N3S/c1-16(2)25-14-23-21-10-9-20-13-27(33-28(20)22(21)11-12-24(23)31-25)19-7-5-18(6-8-19)26-15-30-29(32-26)17(3)4/h5-10,13,15-17H,11-12,14H2,1-4H3,(H,30,32). The lowest BCUT2D eigenvalue weighted by Crippen LogP contribution is -2.05. The Bertz CT molecular complexity index is 1430. The number of aliphatic imine (C=N–C) groups is 1. The van der Waals surface area contributed by atoms with E-state index in [4.69, 9.17) is 4.99 Å². The van der Waals surface area contributed by atoms with Gasteiger partial charge in [0.05, 0.1) is 11.9 Å². The number of fused-ring (bicyclic) bond motifs is 4. The van der Waals surface area contributed by atoms with Gasteiger partial charge in [0.15, 0.2) is 0 Å². The average Bonchev–Trinajstić information content (AvgIpc) is 3.56. The number of rotatable bonds is 4. The van der Waals surface area contributed by atoms with Gasteiger partial charge in [0.2, 0.25) is 0 Å². The van der Waals surface area contributed by atoms with Crippen molar-refractivity contribution in [2.45, 2.75) is 52.9 Å². The van der Waals surface area contributed by atoms with Crippen molar-refractivity contribution in [2.75, 3.05) is 0 Å². The molecule has 1 aliphatic heterocycles. The van der Waals surface area contributed by atoms with Crippen LogP contribution in [-0.2, 0) is 6.42 Å². The van der Waals surface area contributed by atoms with Gasteiger partial charge in [0, 0.05) is 33.3 Å². The maximum Gasteiger partial charge on any atom is 0.109 e. The van der Waals surface area contributed by atoms with Gasteiger partial charge in [-0.2, -0.15) is 0 Å². The van der Waals surface area contributed by atoms with E-state index in [2.05, 4.69) is 80.1 Å². The molecule has 3 heterocycles. The molecule has 4 aromatic rings. The van der Waals surface area contributed by atoms with Crippen LogP contribution in [0.5, 0.6) is 0 Å². The largest absolute Gasteiger partial charge is 0.342 e. The zero-order valence-electron chi connectivity index (χ0n) is 19.7. The Morgan fingerprint density at radius 3 is 2.42 bits per heavy atom. The predicted molar refractivity (Wildman–Crippen MR) is 141 cm³/mol. The summed E-state index contributed by atoms with van der Waals surface area (Å²) in [6, 6.07) is 15.9. The number of benzene rings is 2. The van der Waals surface area contributed by atoms with Crippen molar-refractivity contribution >= 4 is 32.7 Å². The Morgan fingerprint density at radius 2 is 1.70 bits per heavy atom. The quantitative estimate of drug-likeness (QED) is 0.333. The first kappa shape index (κ1) is 20.6. The van der Waals surface area contributed by atoms with E-state index in [1.54, 1.807) is 0 Å². The number of nitrogens with one attached hydrogen (secondary N) is 1. The molecule has 0 saturated heterocycles. The molecule has 0 atom stereocenters. The van der Waals surface area contributed by atoms with Crippen molar-refractivity contribution in [3.8, 4) is 21.7 Å². The Balaban J connectivity index is 1.33. The van der Waals surface area contributed by atoms with Crippen LogP contribution in [0.4, 0.5) is 0 Å². The minimum absolute atomic E-state index is 0.405. The van der Waals surface area contributed by atoms with Gasteiger partial charge in [0.25, 0.3) is 0 Å². The first-order chi connectivity index (χ1) is 16.0. The Kier molecular flexibility index (Phi) is 4.88. The first-order valence-electron chi connectivity index (χ1n) is 12.0. The minimum Gasteiger partial charge on any atom is -0.342 e. The van der Waals surface area contributed by atoms with Crippen LogP contribution >= 0.6 is 11.3 Å². The Morgan fingerprint density at radius 1 is 0.909 bits per heavy atom. The van der Waals surface area contributed by atoms with Gasteiger partial charge >= 0.3 is 0 Å². The molecule has 6 rings (SSSR count). The number of thiophene rings is 1. The molecular formula is C29H29N3S. The van der Waals surface area contributed by atoms with Crippen LogP contribution in [0.25, 0.3) is 37.4 Å². The van der Waals surface area contributed by atoms with Gasteiger partial charge in [-0.3, -0.25) is 4.99 Å². The van der Waals surface area contributed by atoms with E-state index in [9.17, 15) is 0 Å². The van der Waals surface area contributed by atoms with E-state index in [1.807, 2.05) is 17.5 Å². The third-order valence-electron chi connectivity index (χ3n) is 7.00. The normalized spacial score (nSPS) is 15.5. The highest BCUT2D eigenvalue weighted by Gasteiger charge is 2.27. The molecule has 0 saturated carbocycles. The van der Waals surface area contributed by atoms with Crippen molar-refractivity contribution in [1.29, 1.82) is 0 Å². The molecule has 0 bridgehead atoms. The van der Waals surface area contributed by atoms with Crippen molar-refractivity contribution < 1.29 is 0 Å². The topological polar surface area (TPSA) is 41.0 Å². The third-order valence-corrected chi connectivity index (χ3v) is 8.26. The number of aryl methyl sites for hydroxylation is 1. The highest BCUT2D eigenvalue weighted by Crippen LogP contribution is 2.45. The number of allylic oxidation sites excluding steroid dienone is 2. The fourth-order valence-corrected chi connectivity index (χ4v) is 6.26. The number of nitrogens with zero attached hydrogens (tertiary/aromatic N) is 2. The second-order valence-electron chi connectivity index (χ2n) is 9.89. The first-order valence-corrected chi connectivity index (χ1v) is 12.8. The molecule has 4 heteroatoms. The average molecular weight is 452 g/mol. The fourth-order valence-electron chi connectivity index (χ4n) is 5.02. The summed E-state index contributed by atoms with van der Waals surface area (Å²) < 4.78 is 1.45. The molecule has 2 aromatic carbocycles. The molecule has 33 heavy (non-hydrogen) atoms. The van der Waals surface area contributed by atoms with Crippen LogP contribution in [0.3, 0.4) is 0 Å². The predicted octanol–water partition coefficient (Wildman–Crippen LogP) is 8.24. The van der Waals surface area contributed by atoms with E-state index < -0.39 is 0 Å². The van der Waals surface area contributed by atoms with E-state index in [1.165, 1.54) is 54.2 Å². The van der Waals surface area contributed by atoms with E-state index in [-0.39, 0.29) is 0 Å². The second kappa shape index (κ2) is 7.81. The molecule has 1 N–H and O–H groups in total. The molecule has 0 spiro atoms. The smallest absolute Gasteiger partial charge is 0.109 e. The van der Waals surface area contributed by atoms with Gasteiger partial charge < -0.3 is 4.98 Å². The molecule has 1 aliphatic carbocycles. The molecular weight excluding hydrogens is 422 g/mol. The summed E-state index contributed by atoms with van der Waals surface area (Å²) in [4.78, 5) is 14.3. The van der Waals surface area contributed by atoms with Crippen molar-refractivity contribution in [3.05, 3.63) is 71.3 Å². The second-order valence-corrected chi connectivity index (χ2v) is 10.9. The van der Waals surface area contributed by atoms with Crippen molar-refractivity contribution in [1.82, 2.24) is 9.97 Å². The molecule has 0 amide bonds. The van der Waals surface area contributed by atoms with Crippen LogP contribution in [-0.4, -0.2) is 15.7 Å². The number of hydrogen-bond donors (Lipinski definition) is 1. The highest BCUT2D eigenvalue weighted by atomic mass is 32.1. The van der Waals surface area contributed by atoms with E-state index in [0.29, 0.717) is 11.8 Å². The molecule has 0 radical (unpaired) electrons. The van der Waals surface area contributed by atoms with Gasteiger partial charge in [-0.05, 0) is 58.0 Å². The number of hydrogen-bond acceptors (Lipinski definition) is 3. The number of imidazole rings is 1. The summed E-state index contributed by atoms with van der Waals surface area (Å²) >= 11 is 1.94. The zero-order valence-corrected chi connectivity index (χ0v) is 20.5. The molecule has 2 aliphatic rings. The summed E-state index contributed by atoms with van der Waals surface area (Å²) in [5.41, 5.74) is 10.7. The summed E-state index contributed by atoms with van der Waals surface area (Å²) in [6.07, 6.45) is 5.13. The van der Waals surface area contributed by atoms with E-state index in [0.717, 1.165) is 30.8 Å². The Hall–Kier alpha value is -2.98. The summed E-state index contributed by atoms with van der Waals surface area (Å²) in [5.74, 6) is 1.97. The molecule has 2 aromatic heterocycles. The van der Waals surface area contributed by atoms with E-state index >= 15 is 0 Å². The lowest BCUT2D eigenvalue weighted by atomic mass is 9.86. The van der Waals surface area contributed by atoms with Crippen LogP contribution in [0.1, 0.15) is 63.4 Å². The molecule has 3 nitrogen and oxygen atoms in total. The monoisotopic (exact) mass is 451 g/mol. The van der Waals surface area contributed by atoms with Gasteiger partial charge in [-0.25, -0.2) is 4.98 Å². The van der Waals surface area contributed by atoms with Crippen LogP contribution < -0.4 is 0 Å². The fraction of sp³-hybridized carbons (Fsp3) is 0.310. The summed E-state index contributed by atoms with van der Waals surface area (Å²) in [5, 5.41) is 1.36. The molecule has 0 fully saturated rings. The maximum atomic E-state index is 4.98. The summed E-state index contributed by atoms with van der Waals surface area (Å²) in [6.45, 7) is 8.83. The van der Waals surface area contributed by atoms with Crippen molar-refractivity contribution in [2.24, 2.45) is 10.9 Å². The molecule has 166 valence electrons. The van der Waals surface area contributed by atoms with Gasteiger partial charge in [-0.1, -0.05) is 64.1 Å². The highest BCUT2D eigenvalue weighted by molar-refractivity contribution is 7.22. The number of aromatic amines is 1. The maximum absolute atomic E-state index is 4.98. The minimum atomic E-state index is 0.405.